The second kappa shape index (κ2) is 7.44. The molecule has 0 aliphatic heterocycles. The van der Waals surface area contributed by atoms with Gasteiger partial charge in [0.1, 0.15) is 0 Å². The van der Waals surface area contributed by atoms with Crippen LogP contribution in [0.4, 0.5) is 0 Å². The highest BCUT2D eigenvalue weighted by molar-refractivity contribution is 5.87. The summed E-state index contributed by atoms with van der Waals surface area (Å²) in [4.78, 5) is 10.8. The lowest BCUT2D eigenvalue weighted by molar-refractivity contribution is 0.0697. The number of carboxylic acid groups (broad SMARTS) is 1. The van der Waals surface area contributed by atoms with E-state index in [0.29, 0.717) is 11.6 Å². The van der Waals surface area contributed by atoms with Crippen molar-refractivity contribution in [3.63, 3.8) is 0 Å². The molecule has 1 saturated carbocycles. The Morgan fingerprint density at radius 2 is 1.95 bits per heavy atom. The molecule has 0 bridgehead atoms. The third kappa shape index (κ3) is 4.07. The summed E-state index contributed by atoms with van der Waals surface area (Å²) in [5.41, 5.74) is 1.52. The zero-order valence-corrected chi connectivity index (χ0v) is 12.3. The molecule has 0 aromatic heterocycles. The monoisotopic (exact) mass is 275 g/mol. The summed E-state index contributed by atoms with van der Waals surface area (Å²) in [6.07, 6.45) is 7.91. The molecule has 1 atom stereocenters. The van der Waals surface area contributed by atoms with Gasteiger partial charge >= 0.3 is 5.97 Å². The van der Waals surface area contributed by atoms with Crippen LogP contribution in [0.2, 0.25) is 0 Å². The Bertz CT molecular complexity index is 421. The van der Waals surface area contributed by atoms with Gasteiger partial charge in [0.25, 0.3) is 0 Å². The van der Waals surface area contributed by atoms with Gasteiger partial charge in [-0.3, -0.25) is 0 Å². The summed E-state index contributed by atoms with van der Waals surface area (Å²) in [5, 5.41) is 12.6. The van der Waals surface area contributed by atoms with E-state index in [4.69, 9.17) is 5.11 Å². The lowest BCUT2D eigenvalue weighted by Gasteiger charge is -2.24. The molecule has 20 heavy (non-hydrogen) atoms. The van der Waals surface area contributed by atoms with E-state index in [9.17, 15) is 4.79 Å². The molecule has 0 saturated heterocycles. The number of carbonyl (C=O) groups is 1. The van der Waals surface area contributed by atoms with Crippen molar-refractivity contribution in [3.8, 4) is 0 Å². The van der Waals surface area contributed by atoms with Crippen molar-refractivity contribution in [2.75, 3.05) is 0 Å². The number of hydrogen-bond acceptors (Lipinski definition) is 2. The molecule has 1 aromatic rings. The standard InChI is InChI=1S/C17H25NO2/c1-2-5-16(14-6-3-4-7-14)18-12-13-8-10-15(11-9-13)17(19)20/h8-11,14,16,18H,2-7,12H2,1H3,(H,19,20). The van der Waals surface area contributed by atoms with Crippen LogP contribution in [0.3, 0.4) is 0 Å². The molecular weight excluding hydrogens is 250 g/mol. The molecule has 0 amide bonds. The van der Waals surface area contributed by atoms with E-state index in [1.165, 1.54) is 38.5 Å². The lowest BCUT2D eigenvalue weighted by atomic mass is 9.94. The Kier molecular flexibility index (Phi) is 5.60. The van der Waals surface area contributed by atoms with Crippen molar-refractivity contribution in [3.05, 3.63) is 35.4 Å². The topological polar surface area (TPSA) is 49.3 Å². The molecule has 1 aliphatic rings. The molecule has 1 aliphatic carbocycles. The summed E-state index contributed by atoms with van der Waals surface area (Å²) in [7, 11) is 0. The molecule has 1 aromatic carbocycles. The van der Waals surface area contributed by atoms with Crippen LogP contribution < -0.4 is 5.32 Å². The highest BCUT2D eigenvalue weighted by Crippen LogP contribution is 2.29. The van der Waals surface area contributed by atoms with Gasteiger partial charge in [0.05, 0.1) is 5.56 Å². The third-order valence-electron chi connectivity index (χ3n) is 4.34. The summed E-state index contributed by atoms with van der Waals surface area (Å²) >= 11 is 0. The van der Waals surface area contributed by atoms with Crippen molar-refractivity contribution in [1.82, 2.24) is 5.32 Å². The number of hydrogen-bond donors (Lipinski definition) is 2. The second-order valence-corrected chi connectivity index (χ2v) is 5.82. The Morgan fingerprint density at radius 1 is 1.30 bits per heavy atom. The van der Waals surface area contributed by atoms with E-state index in [0.717, 1.165) is 18.0 Å². The van der Waals surface area contributed by atoms with Crippen molar-refractivity contribution in [2.24, 2.45) is 5.92 Å². The van der Waals surface area contributed by atoms with Gasteiger partial charge in [-0.1, -0.05) is 38.3 Å². The van der Waals surface area contributed by atoms with Crippen LogP contribution in [0.15, 0.2) is 24.3 Å². The lowest BCUT2D eigenvalue weighted by Crippen LogP contribution is -2.34. The molecule has 3 nitrogen and oxygen atoms in total. The Hall–Kier alpha value is -1.35. The maximum absolute atomic E-state index is 10.8. The van der Waals surface area contributed by atoms with Crippen LogP contribution in [-0.4, -0.2) is 17.1 Å². The van der Waals surface area contributed by atoms with Gasteiger partial charge in [-0.25, -0.2) is 4.79 Å². The number of carboxylic acids is 1. The summed E-state index contributed by atoms with van der Waals surface area (Å²) in [6, 6.07) is 7.80. The van der Waals surface area contributed by atoms with E-state index < -0.39 is 5.97 Å². The Morgan fingerprint density at radius 3 is 2.50 bits per heavy atom. The molecular formula is C17H25NO2. The van der Waals surface area contributed by atoms with Gasteiger partial charge < -0.3 is 10.4 Å². The summed E-state index contributed by atoms with van der Waals surface area (Å²) in [5.74, 6) is -0.0347. The third-order valence-corrected chi connectivity index (χ3v) is 4.34. The minimum Gasteiger partial charge on any atom is -0.478 e. The van der Waals surface area contributed by atoms with Gasteiger partial charge in [0, 0.05) is 12.6 Å². The smallest absolute Gasteiger partial charge is 0.335 e. The van der Waals surface area contributed by atoms with E-state index in [1.807, 2.05) is 12.1 Å². The van der Waals surface area contributed by atoms with Crippen molar-refractivity contribution < 1.29 is 9.90 Å². The zero-order chi connectivity index (χ0) is 14.4. The molecule has 0 spiro atoms. The fourth-order valence-corrected chi connectivity index (χ4v) is 3.19. The van der Waals surface area contributed by atoms with E-state index >= 15 is 0 Å². The minimum atomic E-state index is -0.862. The SMILES string of the molecule is CCCC(NCc1ccc(C(=O)O)cc1)C1CCCC1. The quantitative estimate of drug-likeness (QED) is 0.795. The zero-order valence-electron chi connectivity index (χ0n) is 12.3. The first kappa shape index (κ1) is 15.0. The molecule has 2 rings (SSSR count). The number of nitrogens with one attached hydrogen (secondary N) is 1. The molecule has 1 fully saturated rings. The summed E-state index contributed by atoms with van der Waals surface area (Å²) in [6.45, 7) is 3.08. The van der Waals surface area contributed by atoms with E-state index in [1.54, 1.807) is 12.1 Å². The molecule has 3 heteroatoms. The van der Waals surface area contributed by atoms with E-state index in [-0.39, 0.29) is 0 Å². The Balaban J connectivity index is 1.89. The second-order valence-electron chi connectivity index (χ2n) is 5.82. The normalized spacial score (nSPS) is 17.2. The molecule has 0 heterocycles. The van der Waals surface area contributed by atoms with Crippen LogP contribution in [0.1, 0.15) is 61.4 Å². The Labute approximate surface area is 121 Å². The number of benzene rings is 1. The highest BCUT2D eigenvalue weighted by atomic mass is 16.4. The molecule has 1 unspecified atom stereocenters. The maximum atomic E-state index is 10.8. The van der Waals surface area contributed by atoms with Crippen molar-refractivity contribution in [2.45, 2.75) is 58.0 Å². The van der Waals surface area contributed by atoms with Crippen LogP contribution in [0.25, 0.3) is 0 Å². The first-order valence-electron chi connectivity index (χ1n) is 7.76. The molecule has 110 valence electrons. The van der Waals surface area contributed by atoms with Crippen LogP contribution >= 0.6 is 0 Å². The average molecular weight is 275 g/mol. The highest BCUT2D eigenvalue weighted by Gasteiger charge is 2.23. The maximum Gasteiger partial charge on any atom is 0.335 e. The van der Waals surface area contributed by atoms with Gasteiger partial charge in [-0.05, 0) is 42.9 Å². The van der Waals surface area contributed by atoms with Crippen molar-refractivity contribution >= 4 is 5.97 Å². The minimum absolute atomic E-state index is 0.356. The van der Waals surface area contributed by atoms with Crippen LogP contribution in [0.5, 0.6) is 0 Å². The largest absolute Gasteiger partial charge is 0.478 e. The van der Waals surface area contributed by atoms with Gasteiger partial charge in [-0.2, -0.15) is 0 Å². The van der Waals surface area contributed by atoms with E-state index in [2.05, 4.69) is 12.2 Å². The van der Waals surface area contributed by atoms with Gasteiger partial charge in [0.15, 0.2) is 0 Å². The number of aromatic carboxylic acids is 1. The number of rotatable bonds is 7. The predicted octanol–water partition coefficient (Wildman–Crippen LogP) is 3.83. The first-order valence-corrected chi connectivity index (χ1v) is 7.76. The fraction of sp³-hybridized carbons (Fsp3) is 0.588. The average Bonchev–Trinajstić information content (AvgIpc) is 2.98. The first-order chi connectivity index (χ1) is 9.70. The molecule has 0 radical (unpaired) electrons. The van der Waals surface area contributed by atoms with Gasteiger partial charge in [-0.15, -0.1) is 0 Å². The predicted molar refractivity (Wildman–Crippen MR) is 80.9 cm³/mol. The molecule has 2 N–H and O–H groups in total. The fourth-order valence-electron chi connectivity index (χ4n) is 3.19. The van der Waals surface area contributed by atoms with Crippen LogP contribution in [-0.2, 0) is 6.54 Å². The summed E-state index contributed by atoms with van der Waals surface area (Å²) < 4.78 is 0. The van der Waals surface area contributed by atoms with Gasteiger partial charge in [0.2, 0.25) is 0 Å². The van der Waals surface area contributed by atoms with Crippen LogP contribution in [0, 0.1) is 5.92 Å². The van der Waals surface area contributed by atoms with Crippen molar-refractivity contribution in [1.29, 1.82) is 0 Å².